The number of alkyl halides is 3. The Labute approximate surface area is 122 Å². The van der Waals surface area contributed by atoms with E-state index in [0.29, 0.717) is 18.9 Å². The molecule has 0 aromatic carbocycles. The van der Waals surface area contributed by atoms with Crippen LogP contribution in [0.4, 0.5) is 19.0 Å². The molecule has 8 nitrogen and oxygen atoms in total. The summed E-state index contributed by atoms with van der Waals surface area (Å²) in [5.74, 6) is -2.69. The first-order chi connectivity index (χ1) is 9.95. The number of hydrogen-bond donors (Lipinski definition) is 4. The average Bonchev–Trinajstić information content (AvgIpc) is 2.64. The minimum absolute atomic E-state index is 0.296. The Morgan fingerprint density at radius 3 is 2.23 bits per heavy atom. The van der Waals surface area contributed by atoms with Gasteiger partial charge in [-0.1, -0.05) is 0 Å². The van der Waals surface area contributed by atoms with Crippen molar-refractivity contribution in [1.82, 2.24) is 15.1 Å². The van der Waals surface area contributed by atoms with Crippen LogP contribution in [-0.2, 0) is 16.6 Å². The van der Waals surface area contributed by atoms with Crippen molar-refractivity contribution >= 4 is 17.7 Å². The number of nitrogens with zero attached hydrogens (tertiary/aromatic N) is 2. The molecule has 2 rings (SSSR count). The highest BCUT2D eigenvalue weighted by molar-refractivity contribution is 5.97. The highest BCUT2D eigenvalue weighted by atomic mass is 19.4. The summed E-state index contributed by atoms with van der Waals surface area (Å²) in [6, 6.07) is 1.76. The molecule has 1 aromatic heterocycles. The van der Waals surface area contributed by atoms with E-state index in [1.165, 1.54) is 0 Å². The highest BCUT2D eigenvalue weighted by Crippen LogP contribution is 2.15. The van der Waals surface area contributed by atoms with Crippen LogP contribution in [0.5, 0.6) is 0 Å². The van der Waals surface area contributed by atoms with E-state index in [1.54, 1.807) is 17.8 Å². The van der Waals surface area contributed by atoms with Crippen LogP contribution in [-0.4, -0.2) is 56.7 Å². The Morgan fingerprint density at radius 2 is 1.95 bits per heavy atom. The second-order valence-corrected chi connectivity index (χ2v) is 4.69. The Morgan fingerprint density at radius 1 is 1.45 bits per heavy atom. The number of carbonyl (C=O) groups is 2. The molecule has 1 amide bonds. The lowest BCUT2D eigenvalue weighted by molar-refractivity contribution is -0.192. The number of aromatic nitrogens is 2. The molecule has 0 unspecified atom stereocenters. The summed E-state index contributed by atoms with van der Waals surface area (Å²) in [5.41, 5.74) is -0.324. The molecule has 4 N–H and O–H groups in total. The molecule has 1 aliphatic heterocycles. The number of anilines is 1. The maximum Gasteiger partial charge on any atom is 0.490 e. The minimum atomic E-state index is -5.08. The summed E-state index contributed by atoms with van der Waals surface area (Å²) < 4.78 is 33.4. The molecule has 0 atom stereocenters. The summed E-state index contributed by atoms with van der Waals surface area (Å²) in [4.78, 5) is 20.5. The van der Waals surface area contributed by atoms with Gasteiger partial charge in [-0.25, -0.2) is 4.79 Å². The molecule has 11 heteroatoms. The molecule has 1 aliphatic rings. The molecule has 2 heterocycles. The number of aliphatic carboxylic acids is 1. The van der Waals surface area contributed by atoms with Crippen LogP contribution in [0.15, 0.2) is 6.07 Å². The predicted octanol–water partition coefficient (Wildman–Crippen LogP) is -0.365. The van der Waals surface area contributed by atoms with Gasteiger partial charge in [-0.3, -0.25) is 9.48 Å². The van der Waals surface area contributed by atoms with E-state index in [9.17, 15) is 23.1 Å². The van der Waals surface area contributed by atoms with E-state index in [0.717, 1.165) is 5.69 Å². The number of amides is 1. The van der Waals surface area contributed by atoms with Crippen LogP contribution in [0.1, 0.15) is 5.69 Å². The number of carboxylic acid groups (broad SMARTS) is 1. The van der Waals surface area contributed by atoms with Crippen molar-refractivity contribution in [3.8, 4) is 0 Å². The maximum atomic E-state index is 11.6. The summed E-state index contributed by atoms with van der Waals surface area (Å²) >= 11 is 0. The van der Waals surface area contributed by atoms with Crippen LogP contribution >= 0.6 is 0 Å². The van der Waals surface area contributed by atoms with E-state index < -0.39 is 23.7 Å². The van der Waals surface area contributed by atoms with Gasteiger partial charge in [0.2, 0.25) is 0 Å². The summed E-state index contributed by atoms with van der Waals surface area (Å²) in [6.45, 7) is 2.48. The first-order valence-electron chi connectivity index (χ1n) is 6.01. The smallest absolute Gasteiger partial charge is 0.475 e. The van der Waals surface area contributed by atoms with Crippen molar-refractivity contribution in [2.75, 3.05) is 18.4 Å². The fraction of sp³-hybridized carbons (Fsp3) is 0.545. The van der Waals surface area contributed by atoms with E-state index >= 15 is 0 Å². The standard InChI is InChI=1S/C9H14N4O2.C2HF3O2/c1-6-3-7(12-13(6)2)11-8(14)9(15)4-10-5-9;3-2(4,5)1(6)7/h3,10,15H,4-5H2,1-2H3,(H,11,12,14);(H,6,7). The molecular weight excluding hydrogens is 309 g/mol. The Bertz CT molecular complexity index is 547. The van der Waals surface area contributed by atoms with E-state index in [-0.39, 0.29) is 0 Å². The van der Waals surface area contributed by atoms with Crippen molar-refractivity contribution in [2.45, 2.75) is 18.7 Å². The van der Waals surface area contributed by atoms with Gasteiger partial charge in [-0.15, -0.1) is 0 Å². The Hall–Kier alpha value is -2.14. The van der Waals surface area contributed by atoms with Gasteiger partial charge in [0, 0.05) is 31.9 Å². The monoisotopic (exact) mass is 324 g/mol. The lowest BCUT2D eigenvalue weighted by atomic mass is 9.96. The topological polar surface area (TPSA) is 116 Å². The maximum absolute atomic E-state index is 11.6. The van der Waals surface area contributed by atoms with Crippen LogP contribution in [0, 0.1) is 6.92 Å². The third kappa shape index (κ3) is 4.43. The molecule has 124 valence electrons. The third-order valence-electron chi connectivity index (χ3n) is 2.86. The number of aryl methyl sites for hydroxylation is 2. The normalized spacial score (nSPS) is 16.1. The second-order valence-electron chi connectivity index (χ2n) is 4.69. The van der Waals surface area contributed by atoms with Gasteiger partial charge in [-0.05, 0) is 6.92 Å². The third-order valence-corrected chi connectivity index (χ3v) is 2.86. The molecule has 0 radical (unpaired) electrons. The Kier molecular flexibility index (Phi) is 5.14. The first kappa shape index (κ1) is 17.9. The number of carbonyl (C=O) groups excluding carboxylic acids is 1. The van der Waals surface area contributed by atoms with E-state index in [4.69, 9.17) is 9.90 Å². The number of nitrogens with one attached hydrogen (secondary N) is 2. The van der Waals surface area contributed by atoms with Crippen molar-refractivity contribution < 1.29 is 33.0 Å². The largest absolute Gasteiger partial charge is 0.490 e. The van der Waals surface area contributed by atoms with Crippen LogP contribution < -0.4 is 10.6 Å². The lowest BCUT2D eigenvalue weighted by Crippen LogP contribution is -2.65. The summed E-state index contributed by atoms with van der Waals surface area (Å²) in [7, 11) is 1.80. The first-order valence-corrected chi connectivity index (χ1v) is 6.01. The zero-order valence-electron chi connectivity index (χ0n) is 11.7. The van der Waals surface area contributed by atoms with Gasteiger partial charge >= 0.3 is 12.1 Å². The fourth-order valence-corrected chi connectivity index (χ4v) is 1.38. The van der Waals surface area contributed by atoms with Gasteiger partial charge in [0.15, 0.2) is 11.4 Å². The SMILES string of the molecule is Cc1cc(NC(=O)C2(O)CNC2)nn1C.O=C(O)C(F)(F)F. The van der Waals surface area contributed by atoms with Gasteiger partial charge < -0.3 is 20.8 Å². The molecule has 1 aromatic rings. The summed E-state index contributed by atoms with van der Waals surface area (Å²) in [5, 5.41) is 26.3. The number of aliphatic hydroxyl groups is 1. The zero-order chi connectivity index (χ0) is 17.1. The number of halogens is 3. The van der Waals surface area contributed by atoms with Gasteiger partial charge in [0.25, 0.3) is 5.91 Å². The zero-order valence-corrected chi connectivity index (χ0v) is 11.7. The Balaban J connectivity index is 0.000000295. The lowest BCUT2D eigenvalue weighted by Gasteiger charge is -2.35. The minimum Gasteiger partial charge on any atom is -0.475 e. The molecule has 0 spiro atoms. The number of rotatable bonds is 2. The fourth-order valence-electron chi connectivity index (χ4n) is 1.38. The van der Waals surface area contributed by atoms with Crippen LogP contribution in [0.2, 0.25) is 0 Å². The number of hydrogen-bond acceptors (Lipinski definition) is 5. The van der Waals surface area contributed by atoms with Crippen molar-refractivity contribution in [1.29, 1.82) is 0 Å². The summed E-state index contributed by atoms with van der Waals surface area (Å²) in [6.07, 6.45) is -5.08. The molecule has 1 saturated heterocycles. The molecule has 22 heavy (non-hydrogen) atoms. The average molecular weight is 324 g/mol. The predicted molar refractivity (Wildman–Crippen MR) is 68.1 cm³/mol. The quantitative estimate of drug-likeness (QED) is 0.590. The van der Waals surface area contributed by atoms with Gasteiger partial charge in [0.05, 0.1) is 0 Å². The van der Waals surface area contributed by atoms with Gasteiger partial charge in [0.1, 0.15) is 0 Å². The molecule has 0 aliphatic carbocycles. The van der Waals surface area contributed by atoms with E-state index in [1.807, 2.05) is 6.92 Å². The van der Waals surface area contributed by atoms with Crippen LogP contribution in [0.25, 0.3) is 0 Å². The molecule has 0 bridgehead atoms. The molecule has 0 saturated carbocycles. The highest BCUT2D eigenvalue weighted by Gasteiger charge is 2.42. The number of β-amino-alcohol motifs (C(OH)–C–C–N with tert-alkyl or cyclic N) is 1. The van der Waals surface area contributed by atoms with E-state index in [2.05, 4.69) is 15.7 Å². The molecule has 1 fully saturated rings. The second kappa shape index (κ2) is 6.32. The van der Waals surface area contributed by atoms with Crippen molar-refractivity contribution in [3.05, 3.63) is 11.8 Å². The number of carboxylic acids is 1. The van der Waals surface area contributed by atoms with Crippen molar-refractivity contribution in [2.24, 2.45) is 7.05 Å². The van der Waals surface area contributed by atoms with Crippen molar-refractivity contribution in [3.63, 3.8) is 0 Å². The molecular formula is C11H15F3N4O4. The van der Waals surface area contributed by atoms with Gasteiger partial charge in [-0.2, -0.15) is 18.3 Å². The van der Waals surface area contributed by atoms with Crippen LogP contribution in [0.3, 0.4) is 0 Å².